The topological polar surface area (TPSA) is 36.4 Å². The summed E-state index contributed by atoms with van der Waals surface area (Å²) in [5.41, 5.74) is 1.73. The number of rotatable bonds is 3. The predicted molar refractivity (Wildman–Crippen MR) is 116 cm³/mol. The van der Waals surface area contributed by atoms with Crippen LogP contribution < -0.4 is 4.90 Å². The molecule has 4 rings (SSSR count). The third-order valence-corrected chi connectivity index (χ3v) is 6.57. The first-order chi connectivity index (χ1) is 13.5. The second kappa shape index (κ2) is 8.10. The number of carbonyl (C=O) groups excluding carboxylic acids is 1. The number of aromatic nitrogens is 1. The van der Waals surface area contributed by atoms with E-state index in [1.807, 2.05) is 30.3 Å². The number of likely N-dealkylation sites (tertiary alicyclic amines) is 1. The lowest BCUT2D eigenvalue weighted by atomic mass is 9.91. The molecule has 2 aliphatic rings. The second-order valence-corrected chi connectivity index (χ2v) is 9.10. The van der Waals surface area contributed by atoms with Crippen LogP contribution in [0.5, 0.6) is 0 Å². The van der Waals surface area contributed by atoms with E-state index in [4.69, 9.17) is 4.98 Å². The van der Waals surface area contributed by atoms with Gasteiger partial charge in [0, 0.05) is 31.6 Å². The van der Waals surface area contributed by atoms with Crippen LogP contribution >= 0.6 is 0 Å². The Bertz CT molecular complexity index is 833. The van der Waals surface area contributed by atoms with Gasteiger partial charge in [0.2, 0.25) is 0 Å². The Kier molecular flexibility index (Phi) is 5.56. The molecule has 1 aliphatic heterocycles. The minimum Gasteiger partial charge on any atom is -0.357 e. The van der Waals surface area contributed by atoms with Crippen LogP contribution in [0, 0.1) is 11.8 Å². The van der Waals surface area contributed by atoms with Crippen LogP contribution in [0.3, 0.4) is 0 Å². The molecular weight excluding hydrogens is 346 g/mol. The van der Waals surface area contributed by atoms with Crippen molar-refractivity contribution in [1.82, 2.24) is 9.88 Å². The van der Waals surface area contributed by atoms with Gasteiger partial charge in [0.25, 0.3) is 5.91 Å². The summed E-state index contributed by atoms with van der Waals surface area (Å²) >= 11 is 0. The summed E-state index contributed by atoms with van der Waals surface area (Å²) < 4.78 is 0. The molecule has 1 aromatic carbocycles. The maximum absolute atomic E-state index is 13.5. The molecule has 0 bridgehead atoms. The van der Waals surface area contributed by atoms with E-state index in [0.29, 0.717) is 17.9 Å². The van der Waals surface area contributed by atoms with Crippen LogP contribution in [0.4, 0.5) is 5.82 Å². The SMILES string of the molecule is C[C@@H]1C[C@H](C)CN(C(=O)c2cc(N(C)C3CCCCC3)nc3ccccc23)C1. The fourth-order valence-electron chi connectivity index (χ4n) is 5.17. The van der Waals surface area contributed by atoms with E-state index in [1.54, 1.807) is 0 Å². The lowest BCUT2D eigenvalue weighted by Gasteiger charge is -2.36. The molecule has 2 fully saturated rings. The van der Waals surface area contributed by atoms with Gasteiger partial charge in [-0.15, -0.1) is 0 Å². The number of nitrogens with zero attached hydrogens (tertiary/aromatic N) is 3. The molecular formula is C24H33N3O. The molecule has 2 heterocycles. The summed E-state index contributed by atoms with van der Waals surface area (Å²) in [5, 5.41) is 0.971. The highest BCUT2D eigenvalue weighted by Crippen LogP contribution is 2.30. The van der Waals surface area contributed by atoms with E-state index in [2.05, 4.69) is 30.7 Å². The van der Waals surface area contributed by atoms with Crippen LogP contribution in [0.15, 0.2) is 30.3 Å². The van der Waals surface area contributed by atoms with E-state index >= 15 is 0 Å². The average Bonchev–Trinajstić information content (AvgIpc) is 2.71. The Hall–Kier alpha value is -2.10. The van der Waals surface area contributed by atoms with Gasteiger partial charge >= 0.3 is 0 Å². The number of para-hydroxylation sites is 1. The average molecular weight is 380 g/mol. The number of pyridine rings is 1. The highest BCUT2D eigenvalue weighted by molar-refractivity contribution is 6.07. The van der Waals surface area contributed by atoms with Crippen molar-refractivity contribution in [2.24, 2.45) is 11.8 Å². The molecule has 28 heavy (non-hydrogen) atoms. The van der Waals surface area contributed by atoms with Crippen molar-refractivity contribution in [3.63, 3.8) is 0 Å². The highest BCUT2D eigenvalue weighted by atomic mass is 16.2. The highest BCUT2D eigenvalue weighted by Gasteiger charge is 2.28. The van der Waals surface area contributed by atoms with Gasteiger partial charge < -0.3 is 9.80 Å². The van der Waals surface area contributed by atoms with Crippen LogP contribution in [0.25, 0.3) is 10.9 Å². The largest absolute Gasteiger partial charge is 0.357 e. The van der Waals surface area contributed by atoms with E-state index in [9.17, 15) is 4.79 Å². The first-order valence-electron chi connectivity index (χ1n) is 10.9. The molecule has 1 saturated heterocycles. The Morgan fingerprint density at radius 2 is 1.75 bits per heavy atom. The number of anilines is 1. The number of hydrogen-bond donors (Lipinski definition) is 0. The smallest absolute Gasteiger partial charge is 0.254 e. The molecule has 0 N–H and O–H groups in total. The van der Waals surface area contributed by atoms with Gasteiger partial charge in [-0.3, -0.25) is 4.79 Å². The van der Waals surface area contributed by atoms with Crippen LogP contribution in [-0.4, -0.2) is 42.0 Å². The minimum atomic E-state index is 0.162. The van der Waals surface area contributed by atoms with Gasteiger partial charge in [-0.05, 0) is 43.2 Å². The third-order valence-electron chi connectivity index (χ3n) is 6.57. The zero-order valence-electron chi connectivity index (χ0n) is 17.5. The summed E-state index contributed by atoms with van der Waals surface area (Å²) in [6.07, 6.45) is 7.56. The number of hydrogen-bond acceptors (Lipinski definition) is 3. The fourth-order valence-corrected chi connectivity index (χ4v) is 5.17. The van der Waals surface area contributed by atoms with Crippen molar-refractivity contribution >= 4 is 22.6 Å². The first-order valence-corrected chi connectivity index (χ1v) is 10.9. The Morgan fingerprint density at radius 1 is 1.07 bits per heavy atom. The van der Waals surface area contributed by atoms with Gasteiger partial charge in [0.1, 0.15) is 5.82 Å². The Balaban J connectivity index is 1.71. The molecule has 1 saturated carbocycles. The molecule has 150 valence electrons. The number of benzene rings is 1. The molecule has 4 heteroatoms. The minimum absolute atomic E-state index is 0.162. The van der Waals surface area contributed by atoms with Crippen LogP contribution in [0.1, 0.15) is 62.7 Å². The maximum atomic E-state index is 13.5. The number of amides is 1. The van der Waals surface area contributed by atoms with E-state index in [-0.39, 0.29) is 5.91 Å². The molecule has 1 aliphatic carbocycles. The van der Waals surface area contributed by atoms with Crippen molar-refractivity contribution in [3.8, 4) is 0 Å². The summed E-state index contributed by atoms with van der Waals surface area (Å²) in [5.74, 6) is 2.22. The van der Waals surface area contributed by atoms with Gasteiger partial charge in [-0.1, -0.05) is 51.3 Å². The summed E-state index contributed by atoms with van der Waals surface area (Å²) in [6.45, 7) is 6.22. The summed E-state index contributed by atoms with van der Waals surface area (Å²) in [7, 11) is 2.15. The van der Waals surface area contributed by atoms with Crippen LogP contribution in [0.2, 0.25) is 0 Å². The zero-order valence-corrected chi connectivity index (χ0v) is 17.5. The van der Waals surface area contributed by atoms with Crippen molar-refractivity contribution < 1.29 is 4.79 Å². The molecule has 0 radical (unpaired) electrons. The summed E-state index contributed by atoms with van der Waals surface area (Å²) in [6, 6.07) is 10.7. The normalized spacial score (nSPS) is 23.8. The second-order valence-electron chi connectivity index (χ2n) is 9.10. The van der Waals surface area contributed by atoms with Gasteiger partial charge in [0.05, 0.1) is 11.1 Å². The lowest BCUT2D eigenvalue weighted by Crippen LogP contribution is -2.42. The van der Waals surface area contributed by atoms with Crippen molar-refractivity contribution in [1.29, 1.82) is 0 Å². The molecule has 1 aromatic heterocycles. The number of fused-ring (bicyclic) bond motifs is 1. The standard InChI is InChI=1S/C24H33N3O/c1-17-13-18(2)16-27(15-17)24(28)21-14-23(25-22-12-8-7-11-20(21)22)26(3)19-9-5-4-6-10-19/h7-8,11-12,14,17-19H,4-6,9-10,13,15-16H2,1-3H3/t17-,18+. The molecule has 0 unspecified atom stereocenters. The molecule has 2 aromatic rings. The third kappa shape index (κ3) is 3.87. The van der Waals surface area contributed by atoms with E-state index in [1.165, 1.54) is 38.5 Å². The Labute approximate surface area is 168 Å². The van der Waals surface area contributed by atoms with Crippen molar-refractivity contribution in [3.05, 3.63) is 35.9 Å². The fraction of sp³-hybridized carbons (Fsp3) is 0.583. The quantitative estimate of drug-likeness (QED) is 0.742. The monoisotopic (exact) mass is 379 g/mol. The Morgan fingerprint density at radius 3 is 2.46 bits per heavy atom. The number of carbonyl (C=O) groups is 1. The molecule has 4 nitrogen and oxygen atoms in total. The van der Waals surface area contributed by atoms with E-state index < -0.39 is 0 Å². The predicted octanol–water partition coefficient (Wildman–Crippen LogP) is 5.12. The van der Waals surface area contributed by atoms with Gasteiger partial charge in [0.15, 0.2) is 0 Å². The lowest BCUT2D eigenvalue weighted by molar-refractivity contribution is 0.0625. The molecule has 1 amide bonds. The van der Waals surface area contributed by atoms with E-state index in [0.717, 1.165) is 35.4 Å². The van der Waals surface area contributed by atoms with Crippen molar-refractivity contribution in [2.75, 3.05) is 25.0 Å². The van der Waals surface area contributed by atoms with Crippen LogP contribution in [-0.2, 0) is 0 Å². The van der Waals surface area contributed by atoms with Gasteiger partial charge in [-0.2, -0.15) is 0 Å². The summed E-state index contributed by atoms with van der Waals surface area (Å²) in [4.78, 5) is 22.8. The van der Waals surface area contributed by atoms with Gasteiger partial charge in [-0.25, -0.2) is 4.98 Å². The molecule has 0 spiro atoms. The zero-order chi connectivity index (χ0) is 19.7. The number of piperidine rings is 1. The maximum Gasteiger partial charge on any atom is 0.254 e. The first kappa shape index (κ1) is 19.2. The molecule has 2 atom stereocenters. The van der Waals surface area contributed by atoms with Crippen molar-refractivity contribution in [2.45, 2.75) is 58.4 Å².